The molecule has 1 amide bonds. The van der Waals surface area contributed by atoms with Gasteiger partial charge in [-0.3, -0.25) is 4.79 Å². The Morgan fingerprint density at radius 1 is 1.39 bits per heavy atom. The molecule has 0 bridgehead atoms. The Bertz CT molecular complexity index is 415. The first-order valence-electron chi connectivity index (χ1n) is 6.65. The van der Waals surface area contributed by atoms with Crippen molar-refractivity contribution in [3.05, 3.63) is 29.3 Å². The standard InChI is InChI=1S/C15H24N2O/c1-5-10(3)14(16)15(18)17-13-8-7-11(4)12(6-2)9-13/h7-10,14H,5-6,16H2,1-4H3,(H,17,18)/t10?,14-/m0/s1. The van der Waals surface area contributed by atoms with E-state index in [-0.39, 0.29) is 11.8 Å². The molecule has 0 aliphatic rings. The second-order valence-electron chi connectivity index (χ2n) is 4.90. The largest absolute Gasteiger partial charge is 0.325 e. The molecule has 0 saturated carbocycles. The molecule has 1 unspecified atom stereocenters. The van der Waals surface area contributed by atoms with Gasteiger partial charge in [0.25, 0.3) is 0 Å². The lowest BCUT2D eigenvalue weighted by Crippen LogP contribution is -2.40. The molecule has 0 aromatic heterocycles. The van der Waals surface area contributed by atoms with Gasteiger partial charge in [-0.05, 0) is 42.5 Å². The fraction of sp³-hybridized carbons (Fsp3) is 0.533. The number of aryl methyl sites for hydroxylation is 2. The van der Waals surface area contributed by atoms with Gasteiger partial charge >= 0.3 is 0 Å². The Kier molecular flexibility index (Phi) is 5.35. The zero-order valence-corrected chi connectivity index (χ0v) is 11.8. The Hall–Kier alpha value is -1.35. The first-order chi connectivity index (χ1) is 8.49. The van der Waals surface area contributed by atoms with Crippen LogP contribution >= 0.6 is 0 Å². The Morgan fingerprint density at radius 3 is 2.61 bits per heavy atom. The van der Waals surface area contributed by atoms with Crippen molar-refractivity contribution in [3.63, 3.8) is 0 Å². The van der Waals surface area contributed by atoms with Crippen molar-refractivity contribution in [2.24, 2.45) is 11.7 Å². The van der Waals surface area contributed by atoms with Crippen LogP contribution in [0.5, 0.6) is 0 Å². The minimum atomic E-state index is -0.443. The Morgan fingerprint density at radius 2 is 2.06 bits per heavy atom. The number of nitrogens with one attached hydrogen (secondary N) is 1. The summed E-state index contributed by atoms with van der Waals surface area (Å²) in [6.45, 7) is 8.23. The van der Waals surface area contributed by atoms with Crippen LogP contribution in [0.2, 0.25) is 0 Å². The monoisotopic (exact) mass is 248 g/mol. The molecular weight excluding hydrogens is 224 g/mol. The van der Waals surface area contributed by atoms with Gasteiger partial charge in [-0.2, -0.15) is 0 Å². The van der Waals surface area contributed by atoms with Crippen LogP contribution in [-0.2, 0) is 11.2 Å². The second-order valence-corrected chi connectivity index (χ2v) is 4.90. The third kappa shape index (κ3) is 3.57. The second kappa shape index (κ2) is 6.55. The van der Waals surface area contributed by atoms with Gasteiger partial charge in [0.2, 0.25) is 5.91 Å². The van der Waals surface area contributed by atoms with E-state index in [4.69, 9.17) is 5.73 Å². The van der Waals surface area contributed by atoms with Gasteiger partial charge in [-0.25, -0.2) is 0 Å². The third-order valence-electron chi connectivity index (χ3n) is 3.56. The van der Waals surface area contributed by atoms with E-state index in [1.54, 1.807) is 0 Å². The lowest BCUT2D eigenvalue weighted by atomic mass is 9.99. The molecule has 0 aliphatic carbocycles. The topological polar surface area (TPSA) is 55.1 Å². The van der Waals surface area contributed by atoms with E-state index >= 15 is 0 Å². The van der Waals surface area contributed by atoms with E-state index in [1.807, 2.05) is 32.0 Å². The maximum atomic E-state index is 12.0. The van der Waals surface area contributed by atoms with Crippen LogP contribution in [0.4, 0.5) is 5.69 Å². The highest BCUT2D eigenvalue weighted by Gasteiger charge is 2.19. The lowest BCUT2D eigenvalue weighted by molar-refractivity contribution is -0.118. The summed E-state index contributed by atoms with van der Waals surface area (Å²) in [5.41, 5.74) is 9.25. The molecule has 1 aromatic rings. The number of nitrogens with two attached hydrogens (primary N) is 1. The summed E-state index contributed by atoms with van der Waals surface area (Å²) in [5, 5.41) is 2.89. The van der Waals surface area contributed by atoms with E-state index in [1.165, 1.54) is 11.1 Å². The predicted octanol–water partition coefficient (Wildman–Crippen LogP) is 2.87. The summed E-state index contributed by atoms with van der Waals surface area (Å²) in [6, 6.07) is 5.54. The van der Waals surface area contributed by atoms with Crippen molar-refractivity contribution in [1.29, 1.82) is 0 Å². The molecule has 0 heterocycles. The highest BCUT2D eigenvalue weighted by Crippen LogP contribution is 2.16. The van der Waals surface area contributed by atoms with Gasteiger partial charge in [-0.1, -0.05) is 33.3 Å². The van der Waals surface area contributed by atoms with Gasteiger partial charge in [0, 0.05) is 5.69 Å². The molecule has 0 radical (unpaired) electrons. The van der Waals surface area contributed by atoms with Crippen LogP contribution in [0.3, 0.4) is 0 Å². The fourth-order valence-electron chi connectivity index (χ4n) is 1.87. The number of anilines is 1. The first-order valence-corrected chi connectivity index (χ1v) is 6.65. The van der Waals surface area contributed by atoms with Crippen LogP contribution in [0.15, 0.2) is 18.2 Å². The summed E-state index contributed by atoms with van der Waals surface area (Å²) in [5.74, 6) is 0.0938. The molecule has 1 aromatic carbocycles. The minimum Gasteiger partial charge on any atom is -0.325 e. The summed E-state index contributed by atoms with van der Waals surface area (Å²) in [6.07, 6.45) is 1.87. The van der Waals surface area contributed by atoms with E-state index in [0.29, 0.717) is 0 Å². The fourth-order valence-corrected chi connectivity index (χ4v) is 1.87. The molecule has 0 aliphatic heterocycles. The quantitative estimate of drug-likeness (QED) is 0.842. The van der Waals surface area contributed by atoms with Crippen molar-refractivity contribution >= 4 is 11.6 Å². The molecule has 0 fully saturated rings. The van der Waals surface area contributed by atoms with Gasteiger partial charge in [0.05, 0.1) is 6.04 Å². The number of rotatable bonds is 5. The van der Waals surface area contributed by atoms with Gasteiger partial charge < -0.3 is 11.1 Å². The van der Waals surface area contributed by atoms with Crippen molar-refractivity contribution < 1.29 is 4.79 Å². The molecule has 1 rings (SSSR count). The van der Waals surface area contributed by atoms with E-state index in [2.05, 4.69) is 19.2 Å². The Balaban J connectivity index is 2.76. The first kappa shape index (κ1) is 14.7. The molecule has 0 spiro atoms. The van der Waals surface area contributed by atoms with Crippen molar-refractivity contribution in [2.75, 3.05) is 5.32 Å². The summed E-state index contributed by atoms with van der Waals surface area (Å²) < 4.78 is 0. The average Bonchev–Trinajstić information content (AvgIpc) is 2.38. The number of hydrogen-bond acceptors (Lipinski definition) is 2. The van der Waals surface area contributed by atoms with Crippen LogP contribution < -0.4 is 11.1 Å². The molecule has 100 valence electrons. The highest BCUT2D eigenvalue weighted by atomic mass is 16.2. The molecule has 0 saturated heterocycles. The molecule has 18 heavy (non-hydrogen) atoms. The van der Waals surface area contributed by atoms with Gasteiger partial charge in [0.1, 0.15) is 0 Å². The van der Waals surface area contributed by atoms with Crippen molar-refractivity contribution in [2.45, 2.75) is 46.6 Å². The average molecular weight is 248 g/mol. The van der Waals surface area contributed by atoms with Crippen LogP contribution in [0.1, 0.15) is 38.3 Å². The smallest absolute Gasteiger partial charge is 0.241 e. The number of carbonyl (C=O) groups is 1. The number of carbonyl (C=O) groups excluding carboxylic acids is 1. The molecule has 3 N–H and O–H groups in total. The summed E-state index contributed by atoms with van der Waals surface area (Å²) in [7, 11) is 0. The van der Waals surface area contributed by atoms with Crippen LogP contribution in [0.25, 0.3) is 0 Å². The Labute approximate surface area is 110 Å². The number of amides is 1. The van der Waals surface area contributed by atoms with E-state index in [0.717, 1.165) is 18.5 Å². The SMILES string of the molecule is CCc1cc(NC(=O)[C@@H](N)C(C)CC)ccc1C. The van der Waals surface area contributed by atoms with Crippen molar-refractivity contribution in [3.8, 4) is 0 Å². The zero-order valence-electron chi connectivity index (χ0n) is 11.8. The van der Waals surface area contributed by atoms with E-state index in [9.17, 15) is 4.79 Å². The molecular formula is C15H24N2O. The highest BCUT2D eigenvalue weighted by molar-refractivity contribution is 5.94. The molecule has 3 heteroatoms. The van der Waals surface area contributed by atoms with Gasteiger partial charge in [-0.15, -0.1) is 0 Å². The minimum absolute atomic E-state index is 0.102. The van der Waals surface area contributed by atoms with Crippen molar-refractivity contribution in [1.82, 2.24) is 0 Å². The van der Waals surface area contributed by atoms with E-state index < -0.39 is 6.04 Å². The van der Waals surface area contributed by atoms with Crippen LogP contribution in [0, 0.1) is 12.8 Å². The normalized spacial score (nSPS) is 14.1. The zero-order chi connectivity index (χ0) is 13.7. The summed E-state index contributed by atoms with van der Waals surface area (Å²) in [4.78, 5) is 12.0. The lowest BCUT2D eigenvalue weighted by Gasteiger charge is -2.18. The molecule has 3 nitrogen and oxygen atoms in total. The number of hydrogen-bond donors (Lipinski definition) is 2. The van der Waals surface area contributed by atoms with Crippen LogP contribution in [-0.4, -0.2) is 11.9 Å². The molecule has 2 atom stereocenters. The van der Waals surface area contributed by atoms with Gasteiger partial charge in [0.15, 0.2) is 0 Å². The predicted molar refractivity (Wildman–Crippen MR) is 76.6 cm³/mol. The maximum absolute atomic E-state index is 12.0. The maximum Gasteiger partial charge on any atom is 0.241 e. The number of benzene rings is 1. The third-order valence-corrected chi connectivity index (χ3v) is 3.56. The summed E-state index contributed by atoms with van der Waals surface area (Å²) >= 11 is 0.